The van der Waals surface area contributed by atoms with Crippen molar-refractivity contribution in [2.45, 2.75) is 20.3 Å². The van der Waals surface area contributed by atoms with Gasteiger partial charge in [0.1, 0.15) is 0 Å². The van der Waals surface area contributed by atoms with Crippen molar-refractivity contribution in [3.05, 3.63) is 41.5 Å². The zero-order chi connectivity index (χ0) is 9.68. The van der Waals surface area contributed by atoms with Crippen LogP contribution < -0.4 is 0 Å². The molecule has 13 heavy (non-hydrogen) atoms. The fourth-order valence-electron chi connectivity index (χ4n) is 1.18. The molecule has 0 fully saturated rings. The Morgan fingerprint density at radius 1 is 1.31 bits per heavy atom. The fraction of sp³-hybridized carbons (Fsp3) is 0.250. The second-order valence-electron chi connectivity index (χ2n) is 2.90. The average molecular weight is 174 g/mol. The summed E-state index contributed by atoms with van der Waals surface area (Å²) in [6, 6.07) is 7.67. The molecule has 0 N–H and O–H groups in total. The van der Waals surface area contributed by atoms with Gasteiger partial charge in [-0.3, -0.25) is 4.79 Å². The average Bonchev–Trinajstić information content (AvgIpc) is 2.18. The number of hydrogen-bond donors (Lipinski definition) is 0. The van der Waals surface area contributed by atoms with Gasteiger partial charge in [-0.25, -0.2) is 0 Å². The molecule has 0 aliphatic heterocycles. The minimum absolute atomic E-state index is 0.201. The highest BCUT2D eigenvalue weighted by Crippen LogP contribution is 2.07. The summed E-state index contributed by atoms with van der Waals surface area (Å²) >= 11 is 0. The van der Waals surface area contributed by atoms with E-state index in [9.17, 15) is 4.79 Å². The molecule has 1 aromatic rings. The predicted octanol–water partition coefficient (Wildman–Crippen LogP) is 3.31. The van der Waals surface area contributed by atoms with Crippen molar-refractivity contribution < 1.29 is 4.79 Å². The van der Waals surface area contributed by atoms with Crippen molar-refractivity contribution in [2.24, 2.45) is 0 Å². The smallest absolute Gasteiger partial charge is 0.162 e. The molecule has 0 amide bonds. The third-order valence-corrected chi connectivity index (χ3v) is 1.91. The van der Waals surface area contributed by atoms with Crippen LogP contribution in [0.4, 0.5) is 0 Å². The molecule has 0 aliphatic rings. The maximum absolute atomic E-state index is 11.3. The lowest BCUT2D eigenvalue weighted by Gasteiger charge is -1.97. The van der Waals surface area contributed by atoms with Crippen LogP contribution in [0.3, 0.4) is 0 Å². The number of ketones is 1. The number of carbonyl (C=O) groups excluding carboxylic acids is 1. The van der Waals surface area contributed by atoms with Gasteiger partial charge in [-0.2, -0.15) is 0 Å². The van der Waals surface area contributed by atoms with Crippen molar-refractivity contribution in [2.75, 3.05) is 0 Å². The van der Waals surface area contributed by atoms with E-state index in [4.69, 9.17) is 0 Å². The van der Waals surface area contributed by atoms with Crippen molar-refractivity contribution in [3.8, 4) is 0 Å². The maximum Gasteiger partial charge on any atom is 0.162 e. The number of carbonyl (C=O) groups is 1. The third kappa shape index (κ3) is 2.55. The Morgan fingerprint density at radius 2 is 1.92 bits per heavy atom. The molecule has 0 spiro atoms. The van der Waals surface area contributed by atoms with Gasteiger partial charge in [-0.05, 0) is 12.5 Å². The zero-order valence-electron chi connectivity index (χ0n) is 8.08. The Bertz CT molecular complexity index is 306. The quantitative estimate of drug-likeness (QED) is 0.642. The summed E-state index contributed by atoms with van der Waals surface area (Å²) in [5, 5.41) is 0. The topological polar surface area (TPSA) is 17.1 Å². The number of hydrogen-bond acceptors (Lipinski definition) is 1. The fourth-order valence-corrected chi connectivity index (χ4v) is 1.18. The predicted molar refractivity (Wildman–Crippen MR) is 55.8 cm³/mol. The van der Waals surface area contributed by atoms with Gasteiger partial charge in [0.2, 0.25) is 0 Å². The Labute approximate surface area is 79.1 Å². The normalized spacial score (nSPS) is 10.6. The van der Waals surface area contributed by atoms with Crippen molar-refractivity contribution in [1.29, 1.82) is 0 Å². The maximum atomic E-state index is 11.3. The molecule has 0 heterocycles. The van der Waals surface area contributed by atoms with Gasteiger partial charge in [0.05, 0.1) is 0 Å². The highest BCUT2D eigenvalue weighted by Gasteiger charge is 2.00. The van der Waals surface area contributed by atoms with Crippen LogP contribution in [0.15, 0.2) is 30.3 Å². The van der Waals surface area contributed by atoms with Gasteiger partial charge in [0, 0.05) is 12.0 Å². The lowest BCUT2D eigenvalue weighted by Crippen LogP contribution is -1.95. The Morgan fingerprint density at radius 3 is 2.38 bits per heavy atom. The number of rotatable bonds is 3. The van der Waals surface area contributed by atoms with Crippen LogP contribution >= 0.6 is 0 Å². The second-order valence-corrected chi connectivity index (χ2v) is 2.90. The molecule has 0 atom stereocenters. The molecule has 1 aromatic carbocycles. The summed E-state index contributed by atoms with van der Waals surface area (Å²) in [5.41, 5.74) is 1.94. The first kappa shape index (κ1) is 9.72. The highest BCUT2D eigenvalue weighted by molar-refractivity contribution is 5.95. The van der Waals surface area contributed by atoms with Crippen LogP contribution in [0, 0.1) is 0 Å². The van der Waals surface area contributed by atoms with Crippen molar-refractivity contribution in [3.63, 3.8) is 0 Å². The second kappa shape index (κ2) is 4.61. The lowest BCUT2D eigenvalue weighted by molar-refractivity contribution is 0.0988. The molecule has 0 unspecified atom stereocenters. The summed E-state index contributed by atoms with van der Waals surface area (Å²) in [7, 11) is 0. The van der Waals surface area contributed by atoms with Gasteiger partial charge >= 0.3 is 0 Å². The van der Waals surface area contributed by atoms with Gasteiger partial charge in [0.15, 0.2) is 5.78 Å². The zero-order valence-corrected chi connectivity index (χ0v) is 8.08. The van der Waals surface area contributed by atoms with E-state index in [1.807, 2.05) is 50.3 Å². The number of allylic oxidation sites excluding steroid dienone is 1. The largest absolute Gasteiger partial charge is 0.294 e. The molecule has 0 radical (unpaired) electrons. The first-order valence-corrected chi connectivity index (χ1v) is 4.54. The molecule has 0 saturated heterocycles. The monoisotopic (exact) mass is 174 g/mol. The first-order chi connectivity index (χ1) is 6.27. The van der Waals surface area contributed by atoms with Crippen LogP contribution in [0.5, 0.6) is 0 Å². The Balaban J connectivity index is 2.87. The van der Waals surface area contributed by atoms with Crippen LogP contribution in [-0.4, -0.2) is 5.78 Å². The Kier molecular flexibility index (Phi) is 3.44. The summed E-state index contributed by atoms with van der Waals surface area (Å²) < 4.78 is 0. The van der Waals surface area contributed by atoms with Gasteiger partial charge in [-0.15, -0.1) is 0 Å². The van der Waals surface area contributed by atoms with E-state index in [0.29, 0.717) is 6.42 Å². The van der Waals surface area contributed by atoms with Crippen LogP contribution in [-0.2, 0) is 0 Å². The molecule has 68 valence electrons. The third-order valence-electron chi connectivity index (χ3n) is 1.91. The minimum atomic E-state index is 0.201. The highest BCUT2D eigenvalue weighted by atomic mass is 16.1. The van der Waals surface area contributed by atoms with Gasteiger partial charge < -0.3 is 0 Å². The van der Waals surface area contributed by atoms with E-state index in [1.165, 1.54) is 0 Å². The molecule has 0 aliphatic carbocycles. The molecule has 1 heteroatoms. The molecular formula is C12H14O. The Hall–Kier alpha value is -1.37. The molecule has 0 aromatic heterocycles. The molecule has 0 saturated carbocycles. The van der Waals surface area contributed by atoms with Crippen LogP contribution in [0.1, 0.15) is 36.2 Å². The van der Waals surface area contributed by atoms with Gasteiger partial charge in [-0.1, -0.05) is 43.3 Å². The van der Waals surface area contributed by atoms with E-state index in [2.05, 4.69) is 0 Å². The number of benzene rings is 1. The van der Waals surface area contributed by atoms with Crippen molar-refractivity contribution in [1.82, 2.24) is 0 Å². The van der Waals surface area contributed by atoms with E-state index in [0.717, 1.165) is 11.1 Å². The first-order valence-electron chi connectivity index (χ1n) is 4.54. The van der Waals surface area contributed by atoms with Crippen molar-refractivity contribution >= 4 is 11.9 Å². The van der Waals surface area contributed by atoms with E-state index >= 15 is 0 Å². The van der Waals surface area contributed by atoms with Crippen LogP contribution in [0.2, 0.25) is 0 Å². The lowest BCUT2D eigenvalue weighted by atomic mass is 10.1. The summed E-state index contributed by atoms with van der Waals surface area (Å²) in [5.74, 6) is 0.201. The van der Waals surface area contributed by atoms with E-state index in [-0.39, 0.29) is 5.78 Å². The molecule has 0 bridgehead atoms. The van der Waals surface area contributed by atoms with Crippen LogP contribution in [0.25, 0.3) is 6.08 Å². The molecule has 1 nitrogen and oxygen atoms in total. The summed E-state index contributed by atoms with van der Waals surface area (Å²) in [6.07, 6.45) is 4.57. The summed E-state index contributed by atoms with van der Waals surface area (Å²) in [6.45, 7) is 3.85. The standard InChI is InChI=1S/C12H14O/c1-3-5-10-6-8-11(9-7-10)12(13)4-2/h3,5-9H,4H2,1-2H3/b5-3+. The van der Waals surface area contributed by atoms with Gasteiger partial charge in [0.25, 0.3) is 0 Å². The van der Waals surface area contributed by atoms with E-state index < -0.39 is 0 Å². The molecular weight excluding hydrogens is 160 g/mol. The SMILES string of the molecule is C/C=C/c1ccc(C(=O)CC)cc1. The molecule has 1 rings (SSSR count). The minimum Gasteiger partial charge on any atom is -0.294 e. The summed E-state index contributed by atoms with van der Waals surface area (Å²) in [4.78, 5) is 11.3. The number of Topliss-reactive ketones (excluding diaryl/α,β-unsaturated/α-hetero) is 1. The van der Waals surface area contributed by atoms with E-state index in [1.54, 1.807) is 0 Å².